The van der Waals surface area contributed by atoms with E-state index in [4.69, 9.17) is 4.52 Å². The van der Waals surface area contributed by atoms with Crippen LogP contribution < -0.4 is 0 Å². The van der Waals surface area contributed by atoms with Gasteiger partial charge in [-0.15, -0.1) is 0 Å². The van der Waals surface area contributed by atoms with Gasteiger partial charge in [0.05, 0.1) is 15.6 Å². The molecular weight excluding hydrogens is 244 g/mol. The number of nitrogens with zero attached hydrogens (tertiary/aromatic N) is 1. The van der Waals surface area contributed by atoms with Gasteiger partial charge >= 0.3 is 0 Å². The molecule has 0 amide bonds. The Morgan fingerprint density at radius 2 is 2.15 bits per heavy atom. The van der Waals surface area contributed by atoms with Crippen molar-refractivity contribution in [3.63, 3.8) is 0 Å². The van der Waals surface area contributed by atoms with E-state index in [2.05, 4.69) is 21.1 Å². The summed E-state index contributed by atoms with van der Waals surface area (Å²) in [6, 6.07) is 1.02. The fourth-order valence-corrected chi connectivity index (χ4v) is 1.62. The average Bonchev–Trinajstić information content (AvgIpc) is 2.44. The summed E-state index contributed by atoms with van der Waals surface area (Å²) in [5.74, 6) is -1.83. The van der Waals surface area contributed by atoms with Crippen LogP contribution in [0.4, 0.5) is 8.78 Å². The van der Waals surface area contributed by atoms with Gasteiger partial charge < -0.3 is 4.52 Å². The third-order valence-electron chi connectivity index (χ3n) is 1.76. The van der Waals surface area contributed by atoms with Crippen molar-refractivity contribution in [2.45, 2.75) is 6.92 Å². The molecule has 1 aromatic carbocycles. The molecule has 13 heavy (non-hydrogen) atoms. The molecule has 1 aromatic heterocycles. The molecule has 0 unspecified atom stereocenters. The molecule has 5 heteroatoms. The normalized spacial score (nSPS) is 11.1. The fraction of sp³-hybridized carbons (Fsp3) is 0.125. The summed E-state index contributed by atoms with van der Waals surface area (Å²) in [7, 11) is 0. The standard InChI is InChI=1S/C8H4BrF2NO/c1-3-6-7(11)5(10)2-4(9)8(6)13-12-3/h2H,1H3. The number of fused-ring (bicyclic) bond motifs is 1. The van der Waals surface area contributed by atoms with Gasteiger partial charge in [0.15, 0.2) is 17.2 Å². The van der Waals surface area contributed by atoms with E-state index in [0.717, 1.165) is 6.07 Å². The SMILES string of the molecule is Cc1noc2c(Br)cc(F)c(F)c12. The lowest BCUT2D eigenvalue weighted by Crippen LogP contribution is -1.86. The summed E-state index contributed by atoms with van der Waals surface area (Å²) in [5.41, 5.74) is 0.573. The Kier molecular flexibility index (Phi) is 1.83. The Morgan fingerprint density at radius 3 is 2.85 bits per heavy atom. The van der Waals surface area contributed by atoms with E-state index in [9.17, 15) is 8.78 Å². The van der Waals surface area contributed by atoms with Gasteiger partial charge in [-0.2, -0.15) is 0 Å². The van der Waals surface area contributed by atoms with Crippen molar-refractivity contribution in [2.24, 2.45) is 0 Å². The summed E-state index contributed by atoms with van der Waals surface area (Å²) < 4.78 is 31.2. The summed E-state index contributed by atoms with van der Waals surface area (Å²) in [6.45, 7) is 1.56. The zero-order chi connectivity index (χ0) is 9.59. The van der Waals surface area contributed by atoms with E-state index in [1.165, 1.54) is 0 Å². The number of hydrogen-bond donors (Lipinski definition) is 0. The number of benzene rings is 1. The molecule has 2 rings (SSSR count). The molecule has 0 bridgehead atoms. The number of hydrogen-bond acceptors (Lipinski definition) is 2. The summed E-state index contributed by atoms with van der Waals surface area (Å²) in [6.07, 6.45) is 0. The molecule has 2 nitrogen and oxygen atoms in total. The molecule has 0 aliphatic carbocycles. The van der Waals surface area contributed by atoms with Crippen LogP contribution in [-0.2, 0) is 0 Å². The topological polar surface area (TPSA) is 26.0 Å². The molecular formula is C8H4BrF2NO. The molecule has 1 heterocycles. The quantitative estimate of drug-likeness (QED) is 0.669. The molecule has 0 N–H and O–H groups in total. The molecule has 2 aromatic rings. The van der Waals surface area contributed by atoms with E-state index in [1.807, 2.05) is 0 Å². The van der Waals surface area contributed by atoms with Crippen molar-refractivity contribution < 1.29 is 13.3 Å². The Balaban J connectivity index is 3.00. The lowest BCUT2D eigenvalue weighted by atomic mass is 10.2. The molecule has 0 aliphatic rings. The monoisotopic (exact) mass is 247 g/mol. The van der Waals surface area contributed by atoms with E-state index < -0.39 is 11.6 Å². The van der Waals surface area contributed by atoms with Crippen LogP contribution in [0.5, 0.6) is 0 Å². The van der Waals surface area contributed by atoms with Crippen LogP contribution in [0.3, 0.4) is 0 Å². The average molecular weight is 248 g/mol. The summed E-state index contributed by atoms with van der Waals surface area (Å²) in [4.78, 5) is 0. The van der Waals surface area contributed by atoms with E-state index in [0.29, 0.717) is 10.2 Å². The molecule has 0 saturated heterocycles. The zero-order valence-corrected chi connectivity index (χ0v) is 8.15. The second-order valence-corrected chi connectivity index (χ2v) is 3.48. The number of aromatic nitrogens is 1. The van der Waals surface area contributed by atoms with Crippen molar-refractivity contribution in [3.05, 3.63) is 27.9 Å². The molecule has 0 atom stereocenters. The Bertz CT molecular complexity index is 480. The maximum atomic E-state index is 13.2. The van der Waals surface area contributed by atoms with Crippen molar-refractivity contribution in [1.29, 1.82) is 0 Å². The highest BCUT2D eigenvalue weighted by atomic mass is 79.9. The molecule has 0 saturated carbocycles. The molecule has 0 fully saturated rings. The number of rotatable bonds is 0. The van der Waals surface area contributed by atoms with Gasteiger partial charge in [-0.1, -0.05) is 5.16 Å². The van der Waals surface area contributed by atoms with Crippen LogP contribution >= 0.6 is 15.9 Å². The van der Waals surface area contributed by atoms with Crippen LogP contribution in [0.25, 0.3) is 11.0 Å². The van der Waals surface area contributed by atoms with Crippen molar-refractivity contribution in [1.82, 2.24) is 5.16 Å². The first-order valence-corrected chi connectivity index (χ1v) is 4.30. The van der Waals surface area contributed by atoms with Gasteiger partial charge in [-0.25, -0.2) is 8.78 Å². The predicted molar refractivity (Wildman–Crippen MR) is 46.4 cm³/mol. The second-order valence-electron chi connectivity index (χ2n) is 2.63. The van der Waals surface area contributed by atoms with E-state index in [1.54, 1.807) is 6.92 Å². The maximum Gasteiger partial charge on any atom is 0.184 e. The van der Waals surface area contributed by atoms with Crippen LogP contribution in [-0.4, -0.2) is 5.16 Å². The predicted octanol–water partition coefficient (Wildman–Crippen LogP) is 3.18. The second kappa shape index (κ2) is 2.77. The van der Waals surface area contributed by atoms with Gasteiger partial charge in [0.1, 0.15) is 0 Å². The Hall–Kier alpha value is -0.970. The molecule has 0 aliphatic heterocycles. The molecule has 0 radical (unpaired) electrons. The van der Waals surface area contributed by atoms with Gasteiger partial charge in [0.25, 0.3) is 0 Å². The highest BCUT2D eigenvalue weighted by Crippen LogP contribution is 2.30. The van der Waals surface area contributed by atoms with Crippen LogP contribution in [0.15, 0.2) is 15.1 Å². The highest BCUT2D eigenvalue weighted by molar-refractivity contribution is 9.10. The molecule has 0 spiro atoms. The maximum absolute atomic E-state index is 13.2. The fourth-order valence-electron chi connectivity index (χ4n) is 1.15. The lowest BCUT2D eigenvalue weighted by molar-refractivity contribution is 0.448. The van der Waals surface area contributed by atoms with E-state index in [-0.39, 0.29) is 11.0 Å². The first kappa shape index (κ1) is 8.62. The van der Waals surface area contributed by atoms with Crippen molar-refractivity contribution >= 4 is 26.9 Å². The highest BCUT2D eigenvalue weighted by Gasteiger charge is 2.17. The minimum atomic E-state index is -0.919. The van der Waals surface area contributed by atoms with Crippen LogP contribution in [0.2, 0.25) is 0 Å². The van der Waals surface area contributed by atoms with Crippen LogP contribution in [0, 0.1) is 18.6 Å². The minimum absolute atomic E-state index is 0.0897. The first-order valence-electron chi connectivity index (χ1n) is 3.50. The largest absolute Gasteiger partial charge is 0.355 e. The van der Waals surface area contributed by atoms with Gasteiger partial charge in [0, 0.05) is 0 Å². The lowest BCUT2D eigenvalue weighted by Gasteiger charge is -1.95. The third kappa shape index (κ3) is 1.14. The summed E-state index contributed by atoms with van der Waals surface area (Å²) >= 11 is 3.05. The number of aryl methyl sites for hydroxylation is 1. The van der Waals surface area contributed by atoms with Crippen molar-refractivity contribution in [3.8, 4) is 0 Å². The molecule has 68 valence electrons. The van der Waals surface area contributed by atoms with Crippen molar-refractivity contribution in [2.75, 3.05) is 0 Å². The zero-order valence-electron chi connectivity index (χ0n) is 6.57. The van der Waals surface area contributed by atoms with Gasteiger partial charge in [-0.3, -0.25) is 0 Å². The van der Waals surface area contributed by atoms with E-state index >= 15 is 0 Å². The van der Waals surface area contributed by atoms with Gasteiger partial charge in [-0.05, 0) is 28.9 Å². The smallest absolute Gasteiger partial charge is 0.184 e. The Labute approximate surface area is 80.6 Å². The van der Waals surface area contributed by atoms with Gasteiger partial charge in [0.2, 0.25) is 0 Å². The first-order chi connectivity index (χ1) is 6.11. The third-order valence-corrected chi connectivity index (χ3v) is 2.35. The minimum Gasteiger partial charge on any atom is -0.355 e. The van der Waals surface area contributed by atoms with Crippen LogP contribution in [0.1, 0.15) is 5.69 Å². The number of halogens is 3. The summed E-state index contributed by atoms with van der Waals surface area (Å²) in [5, 5.41) is 3.64. The Morgan fingerprint density at radius 1 is 1.46 bits per heavy atom.